The van der Waals surface area contributed by atoms with Crippen molar-refractivity contribution < 1.29 is 0 Å². The summed E-state index contributed by atoms with van der Waals surface area (Å²) >= 11 is 1.40. The predicted octanol–water partition coefficient (Wildman–Crippen LogP) is 2.94. The van der Waals surface area contributed by atoms with Gasteiger partial charge in [0.15, 0.2) is 0 Å². The Morgan fingerprint density at radius 3 is 3.23 bits per heavy atom. The van der Waals surface area contributed by atoms with Crippen molar-refractivity contribution in [3.8, 4) is 6.07 Å². The summed E-state index contributed by atoms with van der Waals surface area (Å²) in [6.45, 7) is 0.342. The van der Waals surface area contributed by atoms with Crippen LogP contribution in [-0.2, 0) is 0 Å². The zero-order valence-corrected chi connectivity index (χ0v) is 7.53. The van der Waals surface area contributed by atoms with Crippen LogP contribution in [0.1, 0.15) is 10.4 Å². The second-order valence-corrected chi connectivity index (χ2v) is 3.08. The summed E-state index contributed by atoms with van der Waals surface area (Å²) in [5.74, 6) is 0. The van der Waals surface area contributed by atoms with E-state index in [1.807, 2.05) is 11.5 Å². The van der Waals surface area contributed by atoms with Crippen molar-refractivity contribution in [2.45, 2.75) is 0 Å². The standard InChI is InChI=1S/C8H6N4S/c9-5-8-4-7(6-13-8)2-1-3-11-12-10/h1-2,4,6H,3H2. The quantitative estimate of drug-likeness (QED) is 0.410. The SMILES string of the molecule is N#Cc1cc(C=CCN=[N+]=[N-])cs1. The zero-order valence-electron chi connectivity index (χ0n) is 6.71. The molecule has 1 aromatic rings. The van der Waals surface area contributed by atoms with Gasteiger partial charge in [-0.05, 0) is 22.5 Å². The minimum absolute atomic E-state index is 0.342. The van der Waals surface area contributed by atoms with E-state index < -0.39 is 0 Å². The van der Waals surface area contributed by atoms with E-state index in [0.29, 0.717) is 11.4 Å². The fourth-order valence-corrected chi connectivity index (χ4v) is 1.44. The molecule has 1 rings (SSSR count). The van der Waals surface area contributed by atoms with Gasteiger partial charge in [0.2, 0.25) is 0 Å². The van der Waals surface area contributed by atoms with E-state index in [1.165, 1.54) is 11.3 Å². The molecule has 0 aliphatic heterocycles. The van der Waals surface area contributed by atoms with E-state index in [9.17, 15) is 0 Å². The van der Waals surface area contributed by atoms with E-state index >= 15 is 0 Å². The maximum Gasteiger partial charge on any atom is 0.110 e. The van der Waals surface area contributed by atoms with Crippen LogP contribution >= 0.6 is 11.3 Å². The van der Waals surface area contributed by atoms with Crippen molar-refractivity contribution in [1.29, 1.82) is 5.26 Å². The molecule has 0 fully saturated rings. The molecule has 0 atom stereocenters. The van der Waals surface area contributed by atoms with Gasteiger partial charge in [-0.1, -0.05) is 17.3 Å². The Labute approximate surface area is 79.4 Å². The fraction of sp³-hybridized carbons (Fsp3) is 0.125. The molecule has 5 heteroatoms. The van der Waals surface area contributed by atoms with Gasteiger partial charge in [-0.3, -0.25) is 0 Å². The summed E-state index contributed by atoms with van der Waals surface area (Å²) in [5.41, 5.74) is 8.96. The first-order valence-corrected chi connectivity index (χ1v) is 4.41. The third-order valence-corrected chi connectivity index (χ3v) is 2.14. The minimum Gasteiger partial charge on any atom is -0.192 e. The summed E-state index contributed by atoms with van der Waals surface area (Å²) in [7, 11) is 0. The first-order valence-electron chi connectivity index (χ1n) is 3.53. The number of azide groups is 1. The van der Waals surface area contributed by atoms with Crippen molar-refractivity contribution >= 4 is 17.4 Å². The third kappa shape index (κ3) is 2.99. The Balaban J connectivity index is 2.59. The lowest BCUT2D eigenvalue weighted by molar-refractivity contribution is 1.22. The lowest BCUT2D eigenvalue weighted by Crippen LogP contribution is -1.67. The van der Waals surface area contributed by atoms with Crippen LogP contribution in [0.3, 0.4) is 0 Å². The highest BCUT2D eigenvalue weighted by atomic mass is 32.1. The molecule has 0 amide bonds. The molecule has 0 saturated carbocycles. The topological polar surface area (TPSA) is 72.5 Å². The van der Waals surface area contributed by atoms with Crippen molar-refractivity contribution in [2.24, 2.45) is 5.11 Å². The highest BCUT2D eigenvalue weighted by Gasteiger charge is 1.93. The van der Waals surface area contributed by atoms with Crippen LogP contribution in [-0.4, -0.2) is 6.54 Å². The van der Waals surface area contributed by atoms with Crippen LogP contribution in [0.25, 0.3) is 16.5 Å². The van der Waals surface area contributed by atoms with Gasteiger partial charge in [0.25, 0.3) is 0 Å². The molecule has 13 heavy (non-hydrogen) atoms. The molecule has 0 radical (unpaired) electrons. The molecule has 0 unspecified atom stereocenters. The Bertz CT molecular complexity index is 393. The summed E-state index contributed by atoms with van der Waals surface area (Å²) in [4.78, 5) is 3.30. The number of hydrogen-bond donors (Lipinski definition) is 0. The second-order valence-electron chi connectivity index (χ2n) is 2.17. The average molecular weight is 190 g/mol. The Kier molecular flexibility index (Phi) is 3.58. The van der Waals surface area contributed by atoms with E-state index in [-0.39, 0.29) is 0 Å². The van der Waals surface area contributed by atoms with E-state index in [2.05, 4.69) is 16.1 Å². The number of rotatable bonds is 3. The second kappa shape index (κ2) is 4.99. The minimum atomic E-state index is 0.342. The van der Waals surface area contributed by atoms with Crippen LogP contribution in [0.2, 0.25) is 0 Å². The van der Waals surface area contributed by atoms with Gasteiger partial charge < -0.3 is 0 Å². The summed E-state index contributed by atoms with van der Waals surface area (Å²) in [6, 6.07) is 3.84. The van der Waals surface area contributed by atoms with Crippen molar-refractivity contribution in [1.82, 2.24) is 0 Å². The van der Waals surface area contributed by atoms with Crippen LogP contribution in [0.5, 0.6) is 0 Å². The Morgan fingerprint density at radius 1 is 1.77 bits per heavy atom. The van der Waals surface area contributed by atoms with Gasteiger partial charge in [-0.15, -0.1) is 11.3 Å². The average Bonchev–Trinajstić information content (AvgIpc) is 2.60. The number of nitriles is 1. The van der Waals surface area contributed by atoms with Gasteiger partial charge in [0.1, 0.15) is 10.9 Å². The fourth-order valence-electron chi connectivity index (χ4n) is 0.769. The summed E-state index contributed by atoms with van der Waals surface area (Å²) < 4.78 is 0. The maximum atomic E-state index is 8.53. The van der Waals surface area contributed by atoms with Gasteiger partial charge >= 0.3 is 0 Å². The van der Waals surface area contributed by atoms with E-state index in [4.69, 9.17) is 10.8 Å². The van der Waals surface area contributed by atoms with Gasteiger partial charge in [0.05, 0.1) is 0 Å². The van der Waals surface area contributed by atoms with Crippen molar-refractivity contribution in [3.63, 3.8) is 0 Å². The number of nitrogens with zero attached hydrogens (tertiary/aromatic N) is 4. The normalized spacial score (nSPS) is 9.46. The smallest absolute Gasteiger partial charge is 0.110 e. The van der Waals surface area contributed by atoms with Gasteiger partial charge in [0, 0.05) is 11.5 Å². The first-order chi connectivity index (χ1) is 6.36. The zero-order chi connectivity index (χ0) is 9.52. The lowest BCUT2D eigenvalue weighted by Gasteiger charge is -1.80. The lowest BCUT2D eigenvalue weighted by atomic mass is 10.3. The summed E-state index contributed by atoms with van der Waals surface area (Å²) in [6.07, 6.45) is 3.58. The maximum absolute atomic E-state index is 8.53. The van der Waals surface area contributed by atoms with Crippen molar-refractivity contribution in [2.75, 3.05) is 6.54 Å². The molecule has 0 spiro atoms. The highest BCUT2D eigenvalue weighted by Crippen LogP contribution is 2.14. The Morgan fingerprint density at radius 2 is 2.62 bits per heavy atom. The number of thiophene rings is 1. The molecule has 0 aliphatic carbocycles. The molecule has 0 bridgehead atoms. The molecule has 1 heterocycles. The largest absolute Gasteiger partial charge is 0.192 e. The molecule has 0 aromatic carbocycles. The molecule has 0 aliphatic rings. The van der Waals surface area contributed by atoms with Crippen LogP contribution in [0, 0.1) is 11.3 Å². The predicted molar refractivity (Wildman–Crippen MR) is 52.1 cm³/mol. The van der Waals surface area contributed by atoms with E-state index in [0.717, 1.165) is 5.56 Å². The monoisotopic (exact) mass is 190 g/mol. The molecule has 0 N–H and O–H groups in total. The van der Waals surface area contributed by atoms with Gasteiger partial charge in [-0.2, -0.15) is 5.26 Å². The Hall–Kier alpha value is -1.76. The first kappa shape index (κ1) is 9.33. The molecule has 64 valence electrons. The molecule has 0 saturated heterocycles. The van der Waals surface area contributed by atoms with Crippen LogP contribution < -0.4 is 0 Å². The number of hydrogen-bond acceptors (Lipinski definition) is 3. The van der Waals surface area contributed by atoms with Crippen LogP contribution in [0.4, 0.5) is 0 Å². The van der Waals surface area contributed by atoms with E-state index in [1.54, 1.807) is 12.1 Å². The van der Waals surface area contributed by atoms with Crippen molar-refractivity contribution in [3.05, 3.63) is 38.4 Å². The molecule has 1 aromatic heterocycles. The molecular formula is C8H6N4S. The summed E-state index contributed by atoms with van der Waals surface area (Å²) in [5, 5.41) is 13.8. The van der Waals surface area contributed by atoms with Crippen LogP contribution in [0.15, 0.2) is 22.6 Å². The molecular weight excluding hydrogens is 184 g/mol. The third-order valence-electron chi connectivity index (χ3n) is 1.29. The highest BCUT2D eigenvalue weighted by molar-refractivity contribution is 7.10. The van der Waals surface area contributed by atoms with Gasteiger partial charge in [-0.25, -0.2) is 0 Å². The molecule has 4 nitrogen and oxygen atoms in total.